The summed E-state index contributed by atoms with van der Waals surface area (Å²) in [5, 5.41) is 4.27. The molecule has 4 rings (SSSR count). The van der Waals surface area contributed by atoms with Crippen LogP contribution in [0.5, 0.6) is 0 Å². The molecule has 146 valence electrons. The summed E-state index contributed by atoms with van der Waals surface area (Å²) in [5.74, 6) is 1.45. The fraction of sp³-hybridized carbons (Fsp3) is 0.619. The van der Waals surface area contributed by atoms with E-state index in [1.807, 2.05) is 23.1 Å². The van der Waals surface area contributed by atoms with Gasteiger partial charge in [-0.15, -0.1) is 0 Å². The Balaban J connectivity index is 1.18. The molecular formula is C21H30FN5. The Morgan fingerprint density at radius 2 is 1.70 bits per heavy atom. The van der Waals surface area contributed by atoms with Crippen LogP contribution in [0.1, 0.15) is 32.1 Å². The molecule has 2 aliphatic heterocycles. The molecule has 2 aromatic rings. The van der Waals surface area contributed by atoms with Crippen molar-refractivity contribution in [3.63, 3.8) is 0 Å². The third-order valence-electron chi connectivity index (χ3n) is 6.35. The zero-order chi connectivity index (χ0) is 18.5. The zero-order valence-electron chi connectivity index (χ0n) is 16.0. The Morgan fingerprint density at radius 1 is 0.963 bits per heavy atom. The zero-order valence-corrected chi connectivity index (χ0v) is 16.0. The van der Waals surface area contributed by atoms with Gasteiger partial charge in [-0.3, -0.25) is 9.67 Å². The summed E-state index contributed by atoms with van der Waals surface area (Å²) in [5.41, 5.74) is 0.718. The molecule has 27 heavy (non-hydrogen) atoms. The van der Waals surface area contributed by atoms with Gasteiger partial charge in [0.25, 0.3) is 0 Å². The second-order valence-corrected chi connectivity index (χ2v) is 7.95. The standard InChI is InChI=1S/C21H30FN5/c22-20-17-23-9-3-21(20)26-15-6-19(7-16-26)18-4-13-25(14-5-18)10-2-12-27-11-1-8-24-27/h1,3,8-9,11,17-19H,2,4-7,10,12-16H2. The largest absolute Gasteiger partial charge is 0.369 e. The fourth-order valence-electron chi connectivity index (χ4n) is 4.77. The van der Waals surface area contributed by atoms with Crippen LogP contribution in [0.3, 0.4) is 0 Å². The molecule has 0 radical (unpaired) electrons. The Labute approximate surface area is 161 Å². The van der Waals surface area contributed by atoms with Gasteiger partial charge >= 0.3 is 0 Å². The first-order valence-electron chi connectivity index (χ1n) is 10.3. The normalized spacial score (nSPS) is 20.3. The third-order valence-corrected chi connectivity index (χ3v) is 6.35. The highest BCUT2D eigenvalue weighted by molar-refractivity contribution is 5.46. The van der Waals surface area contributed by atoms with Gasteiger partial charge in [0, 0.05) is 38.2 Å². The van der Waals surface area contributed by atoms with Gasteiger partial charge in [-0.2, -0.15) is 5.10 Å². The van der Waals surface area contributed by atoms with E-state index in [4.69, 9.17) is 0 Å². The van der Waals surface area contributed by atoms with Gasteiger partial charge in [0.15, 0.2) is 5.82 Å². The summed E-state index contributed by atoms with van der Waals surface area (Å²) in [6, 6.07) is 3.79. The number of aromatic nitrogens is 3. The molecule has 5 nitrogen and oxygen atoms in total. The van der Waals surface area contributed by atoms with Crippen molar-refractivity contribution in [2.24, 2.45) is 11.8 Å². The minimum atomic E-state index is -0.195. The van der Waals surface area contributed by atoms with Crippen LogP contribution in [-0.4, -0.2) is 52.4 Å². The van der Waals surface area contributed by atoms with E-state index in [0.29, 0.717) is 0 Å². The van der Waals surface area contributed by atoms with Crippen LogP contribution >= 0.6 is 0 Å². The predicted octanol–water partition coefficient (Wildman–Crippen LogP) is 3.44. The van der Waals surface area contributed by atoms with Crippen LogP contribution in [-0.2, 0) is 6.54 Å². The third kappa shape index (κ3) is 4.67. The van der Waals surface area contributed by atoms with Crippen molar-refractivity contribution >= 4 is 5.69 Å². The maximum absolute atomic E-state index is 13.9. The van der Waals surface area contributed by atoms with E-state index in [1.165, 1.54) is 57.9 Å². The van der Waals surface area contributed by atoms with Gasteiger partial charge in [-0.05, 0) is 75.7 Å². The maximum Gasteiger partial charge on any atom is 0.164 e. The molecule has 2 fully saturated rings. The number of nitrogens with zero attached hydrogens (tertiary/aromatic N) is 5. The number of pyridine rings is 1. The molecule has 0 bridgehead atoms. The maximum atomic E-state index is 13.9. The minimum Gasteiger partial charge on any atom is -0.369 e. The SMILES string of the molecule is Fc1cnccc1N1CCC(C2CCN(CCCn3cccn3)CC2)CC1. The van der Waals surface area contributed by atoms with Crippen molar-refractivity contribution in [2.75, 3.05) is 37.6 Å². The van der Waals surface area contributed by atoms with E-state index in [1.54, 1.807) is 12.3 Å². The second kappa shape index (κ2) is 8.83. The molecule has 2 saturated heterocycles. The molecule has 0 spiro atoms. The van der Waals surface area contributed by atoms with Crippen molar-refractivity contribution < 1.29 is 4.39 Å². The van der Waals surface area contributed by atoms with E-state index in [-0.39, 0.29) is 5.82 Å². The van der Waals surface area contributed by atoms with E-state index >= 15 is 0 Å². The van der Waals surface area contributed by atoms with Crippen molar-refractivity contribution in [3.8, 4) is 0 Å². The van der Waals surface area contributed by atoms with Gasteiger partial charge in [-0.1, -0.05) is 0 Å². The molecule has 4 heterocycles. The number of anilines is 1. The van der Waals surface area contributed by atoms with Crippen LogP contribution in [0.2, 0.25) is 0 Å². The van der Waals surface area contributed by atoms with Crippen molar-refractivity contribution in [3.05, 3.63) is 42.7 Å². The van der Waals surface area contributed by atoms with E-state index in [9.17, 15) is 4.39 Å². The molecule has 0 saturated carbocycles. The lowest BCUT2D eigenvalue weighted by Gasteiger charge is -2.41. The molecule has 2 aliphatic rings. The first kappa shape index (κ1) is 18.4. The number of hydrogen-bond donors (Lipinski definition) is 0. The molecule has 0 aromatic carbocycles. The van der Waals surface area contributed by atoms with Crippen LogP contribution in [0.15, 0.2) is 36.9 Å². The van der Waals surface area contributed by atoms with E-state index < -0.39 is 0 Å². The average molecular weight is 372 g/mol. The van der Waals surface area contributed by atoms with Gasteiger partial charge in [0.05, 0.1) is 11.9 Å². The van der Waals surface area contributed by atoms with Gasteiger partial charge in [0.2, 0.25) is 0 Å². The Morgan fingerprint density at radius 3 is 2.37 bits per heavy atom. The Bertz CT molecular complexity index is 688. The van der Waals surface area contributed by atoms with Crippen LogP contribution in [0.25, 0.3) is 0 Å². The average Bonchev–Trinajstić information content (AvgIpc) is 3.23. The molecule has 0 amide bonds. The lowest BCUT2D eigenvalue weighted by atomic mass is 9.78. The summed E-state index contributed by atoms with van der Waals surface area (Å²) in [6.07, 6.45) is 13.1. The lowest BCUT2D eigenvalue weighted by Crippen LogP contribution is -2.41. The number of piperidine rings is 2. The highest BCUT2D eigenvalue weighted by atomic mass is 19.1. The van der Waals surface area contributed by atoms with Gasteiger partial charge in [0.1, 0.15) is 0 Å². The smallest absolute Gasteiger partial charge is 0.164 e. The minimum absolute atomic E-state index is 0.195. The second-order valence-electron chi connectivity index (χ2n) is 7.95. The first-order valence-corrected chi connectivity index (χ1v) is 10.3. The first-order chi connectivity index (χ1) is 13.3. The molecule has 0 atom stereocenters. The molecule has 6 heteroatoms. The van der Waals surface area contributed by atoms with Gasteiger partial charge in [-0.25, -0.2) is 4.39 Å². The summed E-state index contributed by atoms with van der Waals surface area (Å²) >= 11 is 0. The van der Waals surface area contributed by atoms with Crippen molar-refractivity contribution in [1.29, 1.82) is 0 Å². The summed E-state index contributed by atoms with van der Waals surface area (Å²) < 4.78 is 16.0. The molecule has 0 unspecified atom stereocenters. The number of halogens is 1. The Hall–Kier alpha value is -1.95. The number of rotatable bonds is 6. The number of likely N-dealkylation sites (tertiary alicyclic amines) is 1. The molecular weight excluding hydrogens is 341 g/mol. The predicted molar refractivity (Wildman–Crippen MR) is 105 cm³/mol. The number of hydrogen-bond acceptors (Lipinski definition) is 4. The summed E-state index contributed by atoms with van der Waals surface area (Å²) in [7, 11) is 0. The Kier molecular flexibility index (Phi) is 6.02. The summed E-state index contributed by atoms with van der Waals surface area (Å²) in [6.45, 7) is 6.57. The fourth-order valence-corrected chi connectivity index (χ4v) is 4.77. The van der Waals surface area contributed by atoms with Crippen LogP contribution in [0.4, 0.5) is 10.1 Å². The topological polar surface area (TPSA) is 37.2 Å². The summed E-state index contributed by atoms with van der Waals surface area (Å²) in [4.78, 5) is 8.66. The lowest BCUT2D eigenvalue weighted by molar-refractivity contribution is 0.131. The molecule has 0 N–H and O–H groups in total. The van der Waals surface area contributed by atoms with Crippen molar-refractivity contribution in [2.45, 2.75) is 38.6 Å². The van der Waals surface area contributed by atoms with E-state index in [0.717, 1.165) is 37.2 Å². The van der Waals surface area contributed by atoms with Gasteiger partial charge < -0.3 is 9.80 Å². The van der Waals surface area contributed by atoms with Crippen LogP contribution in [0, 0.1) is 17.7 Å². The van der Waals surface area contributed by atoms with Crippen molar-refractivity contribution in [1.82, 2.24) is 19.7 Å². The van der Waals surface area contributed by atoms with Crippen LogP contribution < -0.4 is 4.90 Å². The monoisotopic (exact) mass is 371 g/mol. The number of aryl methyl sites for hydroxylation is 1. The highest BCUT2D eigenvalue weighted by Gasteiger charge is 2.30. The quantitative estimate of drug-likeness (QED) is 0.780. The molecule has 0 aliphatic carbocycles. The highest BCUT2D eigenvalue weighted by Crippen LogP contribution is 2.34. The molecule has 2 aromatic heterocycles. The van der Waals surface area contributed by atoms with E-state index in [2.05, 4.69) is 19.9 Å².